The summed E-state index contributed by atoms with van der Waals surface area (Å²) >= 11 is 0. The molecule has 0 saturated heterocycles. The van der Waals surface area contributed by atoms with E-state index in [9.17, 15) is 4.79 Å². The zero-order valence-electron chi connectivity index (χ0n) is 12.1. The first-order chi connectivity index (χ1) is 8.57. The largest absolute Gasteiger partial charge is 0.383 e. The first-order valence-electron chi connectivity index (χ1n) is 7.07. The maximum Gasteiger partial charge on any atom is 0.230 e. The summed E-state index contributed by atoms with van der Waals surface area (Å²) in [5, 5.41) is 0. The third kappa shape index (κ3) is 3.45. The molecular weight excluding hydrogens is 228 g/mol. The van der Waals surface area contributed by atoms with Crippen LogP contribution in [0.3, 0.4) is 0 Å². The van der Waals surface area contributed by atoms with Gasteiger partial charge in [-0.1, -0.05) is 19.3 Å². The highest BCUT2D eigenvalue weighted by molar-refractivity contribution is 5.83. The summed E-state index contributed by atoms with van der Waals surface area (Å²) < 4.78 is 5.10. The van der Waals surface area contributed by atoms with Crippen molar-refractivity contribution in [1.82, 2.24) is 4.90 Å². The Balaban J connectivity index is 2.78. The number of carbonyl (C=O) groups is 1. The summed E-state index contributed by atoms with van der Waals surface area (Å²) in [5.41, 5.74) is 5.62. The third-order valence-electron chi connectivity index (χ3n) is 4.08. The topological polar surface area (TPSA) is 55.6 Å². The van der Waals surface area contributed by atoms with Crippen molar-refractivity contribution in [3.8, 4) is 0 Å². The summed E-state index contributed by atoms with van der Waals surface area (Å²) in [6.45, 7) is 5.84. The fourth-order valence-electron chi connectivity index (χ4n) is 2.82. The molecule has 0 heterocycles. The monoisotopic (exact) mass is 256 g/mol. The Morgan fingerprint density at radius 1 is 1.33 bits per heavy atom. The molecule has 0 aromatic rings. The molecule has 0 spiro atoms. The van der Waals surface area contributed by atoms with Gasteiger partial charge in [-0.3, -0.25) is 4.79 Å². The van der Waals surface area contributed by atoms with Crippen LogP contribution in [0.15, 0.2) is 0 Å². The number of nitrogens with zero attached hydrogens (tertiary/aromatic N) is 1. The van der Waals surface area contributed by atoms with E-state index >= 15 is 0 Å². The predicted octanol–water partition coefficient (Wildman–Crippen LogP) is 1.78. The van der Waals surface area contributed by atoms with Crippen LogP contribution in [-0.4, -0.2) is 43.7 Å². The van der Waals surface area contributed by atoms with E-state index in [1.54, 1.807) is 7.11 Å². The molecule has 0 bridgehead atoms. The first kappa shape index (κ1) is 15.4. The lowest BCUT2D eigenvalue weighted by Gasteiger charge is -2.40. The van der Waals surface area contributed by atoms with Crippen molar-refractivity contribution in [1.29, 1.82) is 0 Å². The van der Waals surface area contributed by atoms with Gasteiger partial charge in [0.25, 0.3) is 0 Å². The van der Waals surface area contributed by atoms with Gasteiger partial charge in [0.1, 0.15) is 0 Å². The molecule has 0 aromatic heterocycles. The fraction of sp³-hybridized carbons (Fsp3) is 0.929. The lowest BCUT2D eigenvalue weighted by molar-refractivity contribution is -0.146. The van der Waals surface area contributed by atoms with E-state index in [0.29, 0.717) is 19.7 Å². The highest BCUT2D eigenvalue weighted by Crippen LogP contribution is 2.37. The molecule has 0 atom stereocenters. The van der Waals surface area contributed by atoms with Gasteiger partial charge in [0.15, 0.2) is 0 Å². The van der Waals surface area contributed by atoms with Crippen LogP contribution in [0.4, 0.5) is 0 Å². The molecule has 1 rings (SSSR count). The Kier molecular flexibility index (Phi) is 6.09. The van der Waals surface area contributed by atoms with Crippen LogP contribution in [0, 0.1) is 5.41 Å². The minimum absolute atomic E-state index is 0.206. The molecule has 1 fully saturated rings. The van der Waals surface area contributed by atoms with Gasteiger partial charge in [0.05, 0.1) is 12.0 Å². The van der Waals surface area contributed by atoms with Crippen molar-refractivity contribution in [2.75, 3.05) is 26.8 Å². The second kappa shape index (κ2) is 7.10. The minimum Gasteiger partial charge on any atom is -0.383 e. The molecule has 0 aliphatic heterocycles. The van der Waals surface area contributed by atoms with E-state index in [4.69, 9.17) is 10.5 Å². The van der Waals surface area contributed by atoms with E-state index in [-0.39, 0.29) is 17.4 Å². The Bertz CT molecular complexity index is 261. The average Bonchev–Trinajstić information content (AvgIpc) is 2.39. The van der Waals surface area contributed by atoms with Gasteiger partial charge < -0.3 is 15.4 Å². The molecule has 18 heavy (non-hydrogen) atoms. The molecule has 1 saturated carbocycles. The molecule has 106 valence electrons. The number of rotatable bonds is 6. The maximum absolute atomic E-state index is 12.8. The van der Waals surface area contributed by atoms with Gasteiger partial charge in [-0.15, -0.1) is 0 Å². The zero-order chi connectivity index (χ0) is 13.6. The van der Waals surface area contributed by atoms with Gasteiger partial charge in [-0.2, -0.15) is 0 Å². The van der Waals surface area contributed by atoms with Crippen molar-refractivity contribution >= 4 is 5.91 Å². The van der Waals surface area contributed by atoms with Gasteiger partial charge >= 0.3 is 0 Å². The van der Waals surface area contributed by atoms with Crippen LogP contribution >= 0.6 is 0 Å². The highest BCUT2D eigenvalue weighted by atomic mass is 16.5. The lowest BCUT2D eigenvalue weighted by atomic mass is 9.73. The number of nitrogens with two attached hydrogens (primary N) is 1. The third-order valence-corrected chi connectivity index (χ3v) is 4.08. The van der Waals surface area contributed by atoms with Gasteiger partial charge in [-0.25, -0.2) is 0 Å². The van der Waals surface area contributed by atoms with Crippen molar-refractivity contribution in [2.45, 2.75) is 52.0 Å². The molecule has 0 radical (unpaired) electrons. The van der Waals surface area contributed by atoms with E-state index in [0.717, 1.165) is 25.7 Å². The lowest BCUT2D eigenvalue weighted by Crippen LogP contribution is -2.52. The first-order valence-corrected chi connectivity index (χ1v) is 7.07. The van der Waals surface area contributed by atoms with Crippen LogP contribution in [0.25, 0.3) is 0 Å². The standard InChI is InChI=1S/C14H28N2O2/c1-12(2)16(9-10-18-3)13(17)14(11-15)7-5-4-6-8-14/h12H,4-11,15H2,1-3H3. The summed E-state index contributed by atoms with van der Waals surface area (Å²) in [4.78, 5) is 14.7. The minimum atomic E-state index is -0.309. The normalized spacial score (nSPS) is 18.9. The van der Waals surface area contributed by atoms with Gasteiger partial charge in [0, 0.05) is 26.2 Å². The van der Waals surface area contributed by atoms with Crippen molar-refractivity contribution in [3.63, 3.8) is 0 Å². The predicted molar refractivity (Wildman–Crippen MR) is 73.3 cm³/mol. The van der Waals surface area contributed by atoms with E-state index in [2.05, 4.69) is 13.8 Å². The Morgan fingerprint density at radius 3 is 2.39 bits per heavy atom. The number of ether oxygens (including phenoxy) is 1. The molecule has 1 aliphatic rings. The van der Waals surface area contributed by atoms with Gasteiger partial charge in [0.2, 0.25) is 5.91 Å². The second-order valence-electron chi connectivity index (χ2n) is 5.63. The van der Waals surface area contributed by atoms with Crippen LogP contribution in [0.2, 0.25) is 0 Å². The van der Waals surface area contributed by atoms with Crippen molar-refractivity contribution in [3.05, 3.63) is 0 Å². The maximum atomic E-state index is 12.8. The average molecular weight is 256 g/mol. The zero-order valence-corrected chi connectivity index (χ0v) is 12.1. The van der Waals surface area contributed by atoms with Crippen LogP contribution in [-0.2, 0) is 9.53 Å². The quantitative estimate of drug-likeness (QED) is 0.788. The van der Waals surface area contributed by atoms with E-state index in [1.165, 1.54) is 6.42 Å². The number of hydrogen-bond donors (Lipinski definition) is 1. The molecule has 1 amide bonds. The smallest absolute Gasteiger partial charge is 0.230 e. The number of hydrogen-bond acceptors (Lipinski definition) is 3. The molecule has 2 N–H and O–H groups in total. The van der Waals surface area contributed by atoms with Crippen LogP contribution in [0.1, 0.15) is 46.0 Å². The summed E-state index contributed by atoms with van der Waals surface area (Å²) in [6.07, 6.45) is 5.37. The Morgan fingerprint density at radius 2 is 1.94 bits per heavy atom. The van der Waals surface area contributed by atoms with E-state index < -0.39 is 0 Å². The van der Waals surface area contributed by atoms with Crippen molar-refractivity contribution < 1.29 is 9.53 Å². The number of amides is 1. The summed E-state index contributed by atoms with van der Waals surface area (Å²) in [7, 11) is 1.67. The van der Waals surface area contributed by atoms with E-state index in [1.807, 2.05) is 4.90 Å². The molecular formula is C14H28N2O2. The molecule has 0 unspecified atom stereocenters. The number of methoxy groups -OCH3 is 1. The number of carbonyl (C=O) groups excluding carboxylic acids is 1. The van der Waals surface area contributed by atoms with Crippen LogP contribution < -0.4 is 5.73 Å². The van der Waals surface area contributed by atoms with Gasteiger partial charge in [-0.05, 0) is 26.7 Å². The molecule has 1 aliphatic carbocycles. The second-order valence-corrected chi connectivity index (χ2v) is 5.63. The fourth-order valence-corrected chi connectivity index (χ4v) is 2.82. The van der Waals surface area contributed by atoms with Crippen molar-refractivity contribution in [2.24, 2.45) is 11.1 Å². The molecule has 0 aromatic carbocycles. The Hall–Kier alpha value is -0.610. The molecule has 4 nitrogen and oxygen atoms in total. The summed E-state index contributed by atoms with van der Waals surface area (Å²) in [5.74, 6) is 0.233. The molecule has 4 heteroatoms. The SMILES string of the molecule is COCCN(C(=O)C1(CN)CCCCC1)C(C)C. The highest BCUT2D eigenvalue weighted by Gasteiger charge is 2.41. The summed E-state index contributed by atoms with van der Waals surface area (Å²) in [6, 6.07) is 0.206. The van der Waals surface area contributed by atoms with Crippen LogP contribution in [0.5, 0.6) is 0 Å². The Labute approximate surface area is 111 Å².